The number of aromatic nitrogens is 2. The highest BCUT2D eigenvalue weighted by molar-refractivity contribution is 9.10. The van der Waals surface area contributed by atoms with E-state index < -0.39 is 11.9 Å². The molecule has 8 heteroatoms. The number of anilines is 2. The van der Waals surface area contributed by atoms with Crippen molar-refractivity contribution in [3.05, 3.63) is 46.1 Å². The lowest BCUT2D eigenvalue weighted by atomic mass is 10.2. The third kappa shape index (κ3) is 5.36. The summed E-state index contributed by atoms with van der Waals surface area (Å²) in [5, 5.41) is 5.80. The minimum atomic E-state index is -4.52. The molecule has 0 amide bonds. The molecule has 0 unspecified atom stereocenters. The first-order chi connectivity index (χ1) is 11.3. The van der Waals surface area contributed by atoms with Crippen molar-refractivity contribution in [1.29, 1.82) is 0 Å². The third-order valence-electron chi connectivity index (χ3n) is 3.39. The van der Waals surface area contributed by atoms with Crippen molar-refractivity contribution in [1.82, 2.24) is 9.97 Å². The number of halogens is 4. The zero-order valence-corrected chi connectivity index (χ0v) is 14.9. The Labute approximate surface area is 147 Å². The van der Waals surface area contributed by atoms with Crippen molar-refractivity contribution in [2.45, 2.75) is 39.0 Å². The molecule has 0 spiro atoms. The molecule has 0 fully saturated rings. The van der Waals surface area contributed by atoms with Crippen LogP contribution in [0.25, 0.3) is 0 Å². The Hall–Kier alpha value is -1.83. The molecular formula is C16H18BrF3N4. The van der Waals surface area contributed by atoms with Crippen molar-refractivity contribution in [3.63, 3.8) is 0 Å². The van der Waals surface area contributed by atoms with Gasteiger partial charge in [0.2, 0.25) is 5.95 Å². The van der Waals surface area contributed by atoms with E-state index >= 15 is 0 Å². The van der Waals surface area contributed by atoms with Gasteiger partial charge in [-0.1, -0.05) is 35.0 Å². The minimum absolute atomic E-state index is 0.0205. The van der Waals surface area contributed by atoms with Crippen LogP contribution in [0.3, 0.4) is 0 Å². The summed E-state index contributed by atoms with van der Waals surface area (Å²) >= 11 is 3.34. The van der Waals surface area contributed by atoms with Crippen molar-refractivity contribution < 1.29 is 13.2 Å². The van der Waals surface area contributed by atoms with E-state index in [1.807, 2.05) is 38.1 Å². The van der Waals surface area contributed by atoms with Gasteiger partial charge in [0.25, 0.3) is 0 Å². The van der Waals surface area contributed by atoms with Crippen LogP contribution in [-0.2, 0) is 12.7 Å². The van der Waals surface area contributed by atoms with Gasteiger partial charge in [-0.3, -0.25) is 0 Å². The highest BCUT2D eigenvalue weighted by Crippen LogP contribution is 2.30. The van der Waals surface area contributed by atoms with E-state index in [0.717, 1.165) is 22.5 Å². The summed E-state index contributed by atoms with van der Waals surface area (Å²) in [5.74, 6) is 0.100. The summed E-state index contributed by atoms with van der Waals surface area (Å²) in [6.45, 7) is 4.15. The normalized spacial score (nSPS) is 12.8. The standard InChI is InChI=1S/C16H18BrF3N4/c1-3-10(2)22-15-23-13(16(18,19)20)8-14(24-15)21-9-11-4-6-12(17)7-5-11/h4-8,10H,3,9H2,1-2H3,(H2,21,22,23,24)/t10-/m0/s1. The second-order valence-electron chi connectivity index (χ2n) is 5.39. The lowest BCUT2D eigenvalue weighted by molar-refractivity contribution is -0.141. The van der Waals surface area contributed by atoms with Crippen molar-refractivity contribution in [2.24, 2.45) is 0 Å². The first kappa shape index (κ1) is 18.5. The molecule has 4 nitrogen and oxygen atoms in total. The molecule has 2 aromatic rings. The molecule has 1 aromatic heterocycles. The monoisotopic (exact) mass is 402 g/mol. The molecule has 0 aliphatic rings. The fraction of sp³-hybridized carbons (Fsp3) is 0.375. The summed E-state index contributed by atoms with van der Waals surface area (Å²) in [4.78, 5) is 7.69. The first-order valence-corrected chi connectivity index (χ1v) is 8.28. The topological polar surface area (TPSA) is 49.8 Å². The van der Waals surface area contributed by atoms with Crippen LogP contribution in [0, 0.1) is 0 Å². The van der Waals surface area contributed by atoms with Crippen molar-refractivity contribution in [2.75, 3.05) is 10.6 Å². The molecule has 0 aliphatic carbocycles. The van der Waals surface area contributed by atoms with E-state index in [2.05, 4.69) is 36.5 Å². The van der Waals surface area contributed by atoms with Crippen LogP contribution in [0.5, 0.6) is 0 Å². The average molecular weight is 403 g/mol. The molecular weight excluding hydrogens is 385 g/mol. The van der Waals surface area contributed by atoms with Gasteiger partial charge in [-0.05, 0) is 31.0 Å². The van der Waals surface area contributed by atoms with E-state index in [-0.39, 0.29) is 17.8 Å². The van der Waals surface area contributed by atoms with Crippen LogP contribution in [0.2, 0.25) is 0 Å². The average Bonchev–Trinajstić information content (AvgIpc) is 2.53. The molecule has 2 rings (SSSR count). The van der Waals surface area contributed by atoms with Crippen LogP contribution >= 0.6 is 15.9 Å². The Kier molecular flexibility index (Phi) is 6.04. The molecule has 0 radical (unpaired) electrons. The van der Waals surface area contributed by atoms with Gasteiger partial charge in [0.05, 0.1) is 0 Å². The Morgan fingerprint density at radius 2 is 1.83 bits per heavy atom. The van der Waals surface area contributed by atoms with Crippen LogP contribution in [0.4, 0.5) is 24.9 Å². The lowest BCUT2D eigenvalue weighted by Gasteiger charge is -2.15. The summed E-state index contributed by atoms with van der Waals surface area (Å²) in [6.07, 6.45) is -3.77. The van der Waals surface area contributed by atoms with Crippen LogP contribution < -0.4 is 10.6 Å². The van der Waals surface area contributed by atoms with Crippen LogP contribution in [0.15, 0.2) is 34.8 Å². The first-order valence-electron chi connectivity index (χ1n) is 7.49. The van der Waals surface area contributed by atoms with Gasteiger partial charge in [0.1, 0.15) is 5.82 Å². The highest BCUT2D eigenvalue weighted by Gasteiger charge is 2.33. The SMILES string of the molecule is CC[C@H](C)Nc1nc(NCc2ccc(Br)cc2)cc(C(F)(F)F)n1. The van der Waals surface area contributed by atoms with Gasteiger partial charge in [-0.25, -0.2) is 4.98 Å². The summed E-state index contributed by atoms with van der Waals surface area (Å²) in [6, 6.07) is 8.39. The Morgan fingerprint density at radius 1 is 1.17 bits per heavy atom. The smallest absolute Gasteiger partial charge is 0.366 e. The zero-order valence-electron chi connectivity index (χ0n) is 13.3. The Bertz CT molecular complexity index is 674. The molecule has 0 saturated carbocycles. The molecule has 0 bridgehead atoms. The van der Waals surface area contributed by atoms with E-state index in [9.17, 15) is 13.2 Å². The fourth-order valence-electron chi connectivity index (χ4n) is 1.86. The van der Waals surface area contributed by atoms with Crippen LogP contribution in [-0.4, -0.2) is 16.0 Å². The number of rotatable bonds is 6. The number of benzene rings is 1. The molecule has 1 atom stereocenters. The number of nitrogens with zero attached hydrogens (tertiary/aromatic N) is 2. The molecule has 0 saturated heterocycles. The minimum Gasteiger partial charge on any atom is -0.366 e. The van der Waals surface area contributed by atoms with Gasteiger partial charge in [0, 0.05) is 23.1 Å². The Balaban J connectivity index is 2.20. The van der Waals surface area contributed by atoms with Gasteiger partial charge in [0.15, 0.2) is 5.69 Å². The van der Waals surface area contributed by atoms with Crippen molar-refractivity contribution >= 4 is 27.7 Å². The summed E-state index contributed by atoms with van der Waals surface area (Å²) in [7, 11) is 0. The number of hydrogen-bond acceptors (Lipinski definition) is 4. The largest absolute Gasteiger partial charge is 0.433 e. The van der Waals surface area contributed by atoms with Gasteiger partial charge < -0.3 is 10.6 Å². The summed E-state index contributed by atoms with van der Waals surface area (Å²) < 4.78 is 40.0. The predicted octanol–water partition coefficient (Wildman–Crippen LogP) is 5.08. The van der Waals surface area contributed by atoms with E-state index in [1.165, 1.54) is 0 Å². The maximum absolute atomic E-state index is 13.0. The predicted molar refractivity (Wildman–Crippen MR) is 91.9 cm³/mol. The molecule has 1 heterocycles. The van der Waals surface area contributed by atoms with E-state index in [0.29, 0.717) is 6.54 Å². The number of nitrogens with one attached hydrogen (secondary N) is 2. The fourth-order valence-corrected chi connectivity index (χ4v) is 2.13. The summed E-state index contributed by atoms with van der Waals surface area (Å²) in [5.41, 5.74) is -0.0385. The number of alkyl halides is 3. The molecule has 24 heavy (non-hydrogen) atoms. The van der Waals surface area contributed by atoms with E-state index in [1.54, 1.807) is 0 Å². The van der Waals surface area contributed by atoms with Crippen LogP contribution in [0.1, 0.15) is 31.5 Å². The van der Waals surface area contributed by atoms with Gasteiger partial charge in [-0.2, -0.15) is 18.2 Å². The number of hydrogen-bond donors (Lipinski definition) is 2. The molecule has 130 valence electrons. The quantitative estimate of drug-likeness (QED) is 0.707. The van der Waals surface area contributed by atoms with Gasteiger partial charge in [-0.15, -0.1) is 0 Å². The second-order valence-corrected chi connectivity index (χ2v) is 6.31. The second kappa shape index (κ2) is 7.83. The maximum atomic E-state index is 13.0. The molecule has 2 N–H and O–H groups in total. The lowest BCUT2D eigenvalue weighted by Crippen LogP contribution is -2.19. The third-order valence-corrected chi connectivity index (χ3v) is 3.92. The maximum Gasteiger partial charge on any atom is 0.433 e. The highest BCUT2D eigenvalue weighted by atomic mass is 79.9. The van der Waals surface area contributed by atoms with Gasteiger partial charge >= 0.3 is 6.18 Å². The molecule has 0 aliphatic heterocycles. The zero-order chi connectivity index (χ0) is 17.7. The van der Waals surface area contributed by atoms with Crippen molar-refractivity contribution in [3.8, 4) is 0 Å². The van der Waals surface area contributed by atoms with E-state index in [4.69, 9.17) is 0 Å². The Morgan fingerprint density at radius 3 is 2.42 bits per heavy atom. The molecule has 1 aromatic carbocycles.